The van der Waals surface area contributed by atoms with Crippen molar-refractivity contribution in [3.8, 4) is 0 Å². The molecule has 5 heteroatoms. The zero-order chi connectivity index (χ0) is 15.9. The van der Waals surface area contributed by atoms with Gasteiger partial charge in [0.25, 0.3) is 0 Å². The Kier molecular flexibility index (Phi) is 5.25. The molecular weight excluding hydrogens is 278 g/mol. The van der Waals surface area contributed by atoms with Gasteiger partial charge in [-0.25, -0.2) is 0 Å². The van der Waals surface area contributed by atoms with E-state index >= 15 is 0 Å². The molecule has 2 amide bonds. The predicted octanol–water partition coefficient (Wildman–Crippen LogP) is 2.34. The number of hydrogen-bond acceptors (Lipinski definition) is 3. The minimum atomic E-state index is -0.319. The quantitative estimate of drug-likeness (QED) is 0.832. The van der Waals surface area contributed by atoms with Crippen LogP contribution in [0, 0.1) is 13.8 Å². The van der Waals surface area contributed by atoms with E-state index in [1.165, 1.54) is 0 Å². The van der Waals surface area contributed by atoms with E-state index in [1.54, 1.807) is 12.4 Å². The molecule has 0 aliphatic carbocycles. The number of anilines is 1. The lowest BCUT2D eigenvalue weighted by molar-refractivity contribution is -0.126. The highest BCUT2D eigenvalue weighted by atomic mass is 16.2. The van der Waals surface area contributed by atoms with Crippen molar-refractivity contribution in [2.24, 2.45) is 0 Å². The summed E-state index contributed by atoms with van der Waals surface area (Å²) in [6.07, 6.45) is 3.13. The van der Waals surface area contributed by atoms with Crippen molar-refractivity contribution < 1.29 is 9.59 Å². The van der Waals surface area contributed by atoms with E-state index in [-0.39, 0.29) is 18.2 Å². The van der Waals surface area contributed by atoms with Gasteiger partial charge in [0.2, 0.25) is 11.8 Å². The van der Waals surface area contributed by atoms with E-state index in [4.69, 9.17) is 0 Å². The van der Waals surface area contributed by atoms with Gasteiger partial charge in [-0.15, -0.1) is 0 Å². The molecular formula is C17H19N3O2. The Bertz CT molecular complexity index is 669. The Labute approximate surface area is 129 Å². The molecule has 22 heavy (non-hydrogen) atoms. The first kappa shape index (κ1) is 15.7. The van der Waals surface area contributed by atoms with E-state index in [9.17, 15) is 9.59 Å². The van der Waals surface area contributed by atoms with E-state index < -0.39 is 0 Å². The van der Waals surface area contributed by atoms with Gasteiger partial charge in [0, 0.05) is 24.6 Å². The number of amides is 2. The number of hydrogen-bond donors (Lipinski definition) is 2. The van der Waals surface area contributed by atoms with Gasteiger partial charge in [0.1, 0.15) is 6.42 Å². The molecule has 0 bridgehead atoms. The molecule has 2 N–H and O–H groups in total. The first-order valence-electron chi connectivity index (χ1n) is 7.07. The minimum absolute atomic E-state index is 0.196. The molecule has 0 radical (unpaired) electrons. The van der Waals surface area contributed by atoms with Crippen molar-refractivity contribution in [1.29, 1.82) is 0 Å². The maximum atomic E-state index is 11.9. The van der Waals surface area contributed by atoms with Gasteiger partial charge in [0.15, 0.2) is 0 Å². The fraction of sp³-hybridized carbons (Fsp3) is 0.235. The average molecular weight is 297 g/mol. The van der Waals surface area contributed by atoms with Crippen LogP contribution in [0.5, 0.6) is 0 Å². The molecule has 2 aromatic rings. The van der Waals surface area contributed by atoms with E-state index in [0.717, 1.165) is 22.4 Å². The standard InChI is InChI=1S/C17H19N3O2/c1-12-3-4-13(2)15(9-12)20-17(22)10-16(21)19-11-14-5-7-18-8-6-14/h3-9H,10-11H2,1-2H3,(H,19,21)(H,20,22). The third kappa shape index (κ3) is 4.70. The average Bonchev–Trinajstić information content (AvgIpc) is 2.50. The maximum absolute atomic E-state index is 11.9. The van der Waals surface area contributed by atoms with Crippen LogP contribution in [0.25, 0.3) is 0 Å². The van der Waals surface area contributed by atoms with Crippen molar-refractivity contribution >= 4 is 17.5 Å². The van der Waals surface area contributed by atoms with Gasteiger partial charge in [-0.3, -0.25) is 14.6 Å². The van der Waals surface area contributed by atoms with Crippen molar-refractivity contribution in [1.82, 2.24) is 10.3 Å². The second-order valence-corrected chi connectivity index (χ2v) is 5.18. The van der Waals surface area contributed by atoms with Crippen LogP contribution in [-0.2, 0) is 16.1 Å². The highest BCUT2D eigenvalue weighted by Gasteiger charge is 2.10. The summed E-state index contributed by atoms with van der Waals surface area (Å²) in [5.74, 6) is -0.624. The molecule has 0 spiro atoms. The number of nitrogens with zero attached hydrogens (tertiary/aromatic N) is 1. The van der Waals surface area contributed by atoms with Crippen molar-refractivity contribution in [2.45, 2.75) is 26.8 Å². The zero-order valence-corrected chi connectivity index (χ0v) is 12.7. The normalized spacial score (nSPS) is 10.1. The minimum Gasteiger partial charge on any atom is -0.352 e. The second-order valence-electron chi connectivity index (χ2n) is 5.18. The SMILES string of the molecule is Cc1ccc(C)c(NC(=O)CC(=O)NCc2ccncc2)c1. The van der Waals surface area contributed by atoms with Crippen LogP contribution in [0.15, 0.2) is 42.7 Å². The summed E-state index contributed by atoms with van der Waals surface area (Å²) >= 11 is 0. The number of carbonyl (C=O) groups excluding carboxylic acids is 2. The molecule has 0 unspecified atom stereocenters. The summed E-state index contributed by atoms with van der Waals surface area (Å²) < 4.78 is 0. The van der Waals surface area contributed by atoms with Crippen LogP contribution >= 0.6 is 0 Å². The molecule has 2 rings (SSSR count). The van der Waals surface area contributed by atoms with E-state index in [1.807, 2.05) is 44.2 Å². The van der Waals surface area contributed by atoms with Crippen LogP contribution in [0.4, 0.5) is 5.69 Å². The molecule has 114 valence electrons. The fourth-order valence-electron chi connectivity index (χ4n) is 1.97. The van der Waals surface area contributed by atoms with Gasteiger partial charge in [-0.2, -0.15) is 0 Å². The largest absolute Gasteiger partial charge is 0.352 e. The van der Waals surface area contributed by atoms with Gasteiger partial charge < -0.3 is 10.6 Å². The number of benzene rings is 1. The summed E-state index contributed by atoms with van der Waals surface area (Å²) in [6.45, 7) is 4.26. The highest BCUT2D eigenvalue weighted by Crippen LogP contribution is 2.16. The summed E-state index contributed by atoms with van der Waals surface area (Å²) in [4.78, 5) is 27.6. The predicted molar refractivity (Wildman–Crippen MR) is 85.2 cm³/mol. The number of aromatic nitrogens is 1. The molecule has 1 aromatic heterocycles. The Hall–Kier alpha value is -2.69. The number of pyridine rings is 1. The smallest absolute Gasteiger partial charge is 0.233 e. The van der Waals surface area contributed by atoms with Crippen molar-refractivity contribution in [3.63, 3.8) is 0 Å². The first-order chi connectivity index (χ1) is 10.5. The topological polar surface area (TPSA) is 71.1 Å². The van der Waals surface area contributed by atoms with E-state index in [0.29, 0.717) is 6.54 Å². The molecule has 1 aromatic carbocycles. The van der Waals surface area contributed by atoms with Crippen molar-refractivity contribution in [2.75, 3.05) is 5.32 Å². The molecule has 0 saturated heterocycles. The van der Waals surface area contributed by atoms with Gasteiger partial charge in [0.05, 0.1) is 0 Å². The van der Waals surface area contributed by atoms with Crippen LogP contribution < -0.4 is 10.6 Å². The van der Waals surface area contributed by atoms with Crippen LogP contribution in [0.2, 0.25) is 0 Å². The third-order valence-corrected chi connectivity index (χ3v) is 3.23. The molecule has 0 atom stereocenters. The Balaban J connectivity index is 1.84. The summed E-state index contributed by atoms with van der Waals surface area (Å²) in [5.41, 5.74) is 3.71. The number of nitrogens with one attached hydrogen (secondary N) is 2. The number of carbonyl (C=O) groups is 2. The number of rotatable bonds is 5. The first-order valence-corrected chi connectivity index (χ1v) is 7.07. The number of aryl methyl sites for hydroxylation is 2. The van der Waals surface area contributed by atoms with Crippen LogP contribution in [-0.4, -0.2) is 16.8 Å². The monoisotopic (exact) mass is 297 g/mol. The Morgan fingerprint density at radius 3 is 2.50 bits per heavy atom. The summed E-state index contributed by atoms with van der Waals surface area (Å²) in [7, 11) is 0. The summed E-state index contributed by atoms with van der Waals surface area (Å²) in [6, 6.07) is 9.44. The Morgan fingerprint density at radius 1 is 1.05 bits per heavy atom. The lowest BCUT2D eigenvalue weighted by atomic mass is 10.1. The molecule has 1 heterocycles. The lowest BCUT2D eigenvalue weighted by Gasteiger charge is -2.09. The molecule has 0 aliphatic heterocycles. The van der Waals surface area contributed by atoms with Crippen LogP contribution in [0.3, 0.4) is 0 Å². The fourth-order valence-corrected chi connectivity index (χ4v) is 1.97. The molecule has 0 aliphatic rings. The highest BCUT2D eigenvalue weighted by molar-refractivity contribution is 6.03. The van der Waals surface area contributed by atoms with Gasteiger partial charge in [-0.05, 0) is 48.7 Å². The Morgan fingerprint density at radius 2 is 1.77 bits per heavy atom. The maximum Gasteiger partial charge on any atom is 0.233 e. The van der Waals surface area contributed by atoms with E-state index in [2.05, 4.69) is 15.6 Å². The summed E-state index contributed by atoms with van der Waals surface area (Å²) in [5, 5.41) is 5.48. The third-order valence-electron chi connectivity index (χ3n) is 3.23. The molecule has 0 saturated carbocycles. The lowest BCUT2D eigenvalue weighted by Crippen LogP contribution is -2.27. The second kappa shape index (κ2) is 7.36. The van der Waals surface area contributed by atoms with Gasteiger partial charge in [-0.1, -0.05) is 12.1 Å². The zero-order valence-electron chi connectivity index (χ0n) is 12.7. The molecule has 5 nitrogen and oxygen atoms in total. The molecule has 0 fully saturated rings. The van der Waals surface area contributed by atoms with Crippen LogP contribution in [0.1, 0.15) is 23.1 Å². The van der Waals surface area contributed by atoms with Gasteiger partial charge >= 0.3 is 0 Å². The van der Waals surface area contributed by atoms with Crippen molar-refractivity contribution in [3.05, 3.63) is 59.4 Å².